The van der Waals surface area contributed by atoms with Crippen LogP contribution in [0.1, 0.15) is 22.6 Å². The summed E-state index contributed by atoms with van der Waals surface area (Å²) in [5.74, 6) is -0.431. The number of amides is 1. The molecule has 7 heteroatoms. The summed E-state index contributed by atoms with van der Waals surface area (Å²) in [6.45, 7) is 0.430. The van der Waals surface area contributed by atoms with E-state index in [9.17, 15) is 13.2 Å². The predicted octanol–water partition coefficient (Wildman–Crippen LogP) is 1.60. The van der Waals surface area contributed by atoms with Gasteiger partial charge in [0.15, 0.2) is 0 Å². The lowest BCUT2D eigenvalue weighted by molar-refractivity contribution is -0.121. The van der Waals surface area contributed by atoms with E-state index in [1.54, 1.807) is 24.3 Å². The van der Waals surface area contributed by atoms with E-state index in [4.69, 9.17) is 5.26 Å². The number of benzene rings is 2. The normalized spacial score (nSPS) is 19.0. The van der Waals surface area contributed by atoms with Crippen molar-refractivity contribution in [3.8, 4) is 6.07 Å². The highest BCUT2D eigenvalue weighted by Gasteiger charge is 2.37. The van der Waals surface area contributed by atoms with Gasteiger partial charge < -0.3 is 5.32 Å². The Morgan fingerprint density at radius 3 is 2.50 bits per heavy atom. The van der Waals surface area contributed by atoms with Gasteiger partial charge in [-0.3, -0.25) is 4.79 Å². The van der Waals surface area contributed by atoms with Crippen LogP contribution in [-0.2, 0) is 21.4 Å². The maximum Gasteiger partial charge on any atom is 0.235 e. The zero-order valence-electron chi connectivity index (χ0n) is 14.1. The molecule has 1 fully saturated rings. The fraction of sp³-hybridized carbons (Fsp3) is 0.263. The minimum atomic E-state index is -3.43. The molecule has 0 aromatic heterocycles. The summed E-state index contributed by atoms with van der Waals surface area (Å²) < 4.78 is 25.9. The van der Waals surface area contributed by atoms with Gasteiger partial charge in [-0.15, -0.1) is 0 Å². The quantitative estimate of drug-likeness (QED) is 0.867. The largest absolute Gasteiger partial charge is 0.351 e. The van der Waals surface area contributed by atoms with Gasteiger partial charge in [0.1, 0.15) is 0 Å². The van der Waals surface area contributed by atoms with Crippen molar-refractivity contribution in [2.75, 3.05) is 18.8 Å². The molecule has 0 saturated carbocycles. The fourth-order valence-electron chi connectivity index (χ4n) is 2.98. The van der Waals surface area contributed by atoms with Crippen molar-refractivity contribution in [1.29, 1.82) is 5.26 Å². The highest BCUT2D eigenvalue weighted by Crippen LogP contribution is 2.27. The average Bonchev–Trinajstić information content (AvgIpc) is 2.95. The molecule has 2 aromatic rings. The van der Waals surface area contributed by atoms with Crippen LogP contribution in [0.2, 0.25) is 0 Å². The molecular formula is C19H19N3O3S. The molecule has 0 spiro atoms. The Hall–Kier alpha value is -2.69. The van der Waals surface area contributed by atoms with Gasteiger partial charge in [-0.1, -0.05) is 42.5 Å². The van der Waals surface area contributed by atoms with Crippen LogP contribution in [0.25, 0.3) is 0 Å². The Morgan fingerprint density at radius 2 is 1.85 bits per heavy atom. The van der Waals surface area contributed by atoms with Crippen molar-refractivity contribution >= 4 is 15.9 Å². The molecule has 1 unspecified atom stereocenters. The van der Waals surface area contributed by atoms with Crippen LogP contribution in [0.3, 0.4) is 0 Å². The second-order valence-electron chi connectivity index (χ2n) is 6.26. The van der Waals surface area contributed by atoms with Gasteiger partial charge in [0.05, 0.1) is 23.9 Å². The number of hydrogen-bond donors (Lipinski definition) is 1. The molecular weight excluding hydrogens is 350 g/mol. The first-order valence-corrected chi connectivity index (χ1v) is 9.87. The molecule has 0 radical (unpaired) electrons. The number of carbonyl (C=O) groups excluding carboxylic acids is 1. The first-order chi connectivity index (χ1) is 12.5. The SMILES string of the molecule is N#Cc1ccc(CNC(=O)CN2CC(c3ccccc3)CS2(=O)=O)cc1. The van der Waals surface area contributed by atoms with E-state index >= 15 is 0 Å². The summed E-state index contributed by atoms with van der Waals surface area (Å²) in [5.41, 5.74) is 2.37. The lowest BCUT2D eigenvalue weighted by Crippen LogP contribution is -2.37. The molecule has 1 atom stereocenters. The maximum absolute atomic E-state index is 12.3. The van der Waals surface area contributed by atoms with Crippen molar-refractivity contribution in [3.05, 3.63) is 71.3 Å². The van der Waals surface area contributed by atoms with Crippen molar-refractivity contribution < 1.29 is 13.2 Å². The topological polar surface area (TPSA) is 90.3 Å². The summed E-state index contributed by atoms with van der Waals surface area (Å²) in [7, 11) is -3.43. The van der Waals surface area contributed by atoms with Gasteiger partial charge in [0.2, 0.25) is 15.9 Å². The van der Waals surface area contributed by atoms with Gasteiger partial charge in [-0.05, 0) is 23.3 Å². The molecule has 1 aliphatic heterocycles. The molecule has 3 rings (SSSR count). The third kappa shape index (κ3) is 4.28. The number of rotatable bonds is 5. The summed E-state index contributed by atoms with van der Waals surface area (Å²) in [5, 5.41) is 11.5. The van der Waals surface area contributed by atoms with Crippen LogP contribution < -0.4 is 5.32 Å². The summed E-state index contributed by atoms with van der Waals surface area (Å²) in [6.07, 6.45) is 0. The van der Waals surface area contributed by atoms with E-state index in [0.29, 0.717) is 18.7 Å². The van der Waals surface area contributed by atoms with Gasteiger partial charge in [-0.2, -0.15) is 9.57 Å². The average molecular weight is 369 g/mol. The number of nitriles is 1. The van der Waals surface area contributed by atoms with Gasteiger partial charge in [-0.25, -0.2) is 8.42 Å². The van der Waals surface area contributed by atoms with Crippen LogP contribution in [-0.4, -0.2) is 37.5 Å². The van der Waals surface area contributed by atoms with Crippen LogP contribution >= 0.6 is 0 Å². The second kappa shape index (κ2) is 7.68. The number of sulfonamides is 1. The number of carbonyl (C=O) groups is 1. The van der Waals surface area contributed by atoms with Crippen molar-refractivity contribution in [2.24, 2.45) is 0 Å². The van der Waals surface area contributed by atoms with Crippen LogP contribution in [0.5, 0.6) is 0 Å². The van der Waals surface area contributed by atoms with E-state index in [-0.39, 0.29) is 24.1 Å². The van der Waals surface area contributed by atoms with Gasteiger partial charge in [0.25, 0.3) is 0 Å². The molecule has 0 bridgehead atoms. The molecule has 1 saturated heterocycles. The minimum absolute atomic E-state index is 0.0277. The summed E-state index contributed by atoms with van der Waals surface area (Å²) >= 11 is 0. The lowest BCUT2D eigenvalue weighted by Gasteiger charge is -2.14. The zero-order valence-corrected chi connectivity index (χ0v) is 14.9. The second-order valence-corrected chi connectivity index (χ2v) is 8.28. The lowest BCUT2D eigenvalue weighted by atomic mass is 10.0. The monoisotopic (exact) mass is 369 g/mol. The van der Waals surface area contributed by atoms with Gasteiger partial charge in [0, 0.05) is 19.0 Å². The third-order valence-electron chi connectivity index (χ3n) is 4.39. The van der Waals surface area contributed by atoms with E-state index in [2.05, 4.69) is 5.32 Å². The van der Waals surface area contributed by atoms with E-state index in [1.807, 2.05) is 36.4 Å². The highest BCUT2D eigenvalue weighted by atomic mass is 32.2. The standard InChI is InChI=1S/C19H19N3O3S/c20-10-15-6-8-16(9-7-15)11-21-19(23)13-22-12-18(14-26(22,24)25)17-4-2-1-3-5-17/h1-9,18H,11-14H2,(H,21,23). The molecule has 1 aliphatic rings. The third-order valence-corrected chi connectivity index (χ3v) is 6.28. The van der Waals surface area contributed by atoms with Crippen molar-refractivity contribution in [1.82, 2.24) is 9.62 Å². The number of hydrogen-bond acceptors (Lipinski definition) is 4. The Balaban J connectivity index is 1.57. The zero-order chi connectivity index (χ0) is 18.6. The first kappa shape index (κ1) is 18.1. The van der Waals surface area contributed by atoms with E-state index in [0.717, 1.165) is 11.1 Å². The van der Waals surface area contributed by atoms with Crippen LogP contribution in [0.4, 0.5) is 0 Å². The van der Waals surface area contributed by atoms with Gasteiger partial charge >= 0.3 is 0 Å². The van der Waals surface area contributed by atoms with Crippen LogP contribution in [0.15, 0.2) is 54.6 Å². The maximum atomic E-state index is 12.3. The predicted molar refractivity (Wildman–Crippen MR) is 97.5 cm³/mol. The molecule has 134 valence electrons. The number of nitrogens with zero attached hydrogens (tertiary/aromatic N) is 2. The Bertz CT molecular complexity index is 919. The van der Waals surface area contributed by atoms with Crippen LogP contribution in [0, 0.1) is 11.3 Å². The molecule has 26 heavy (non-hydrogen) atoms. The smallest absolute Gasteiger partial charge is 0.235 e. The van der Waals surface area contributed by atoms with Crippen molar-refractivity contribution in [2.45, 2.75) is 12.5 Å². The molecule has 2 aromatic carbocycles. The Morgan fingerprint density at radius 1 is 1.15 bits per heavy atom. The molecule has 6 nitrogen and oxygen atoms in total. The highest BCUT2D eigenvalue weighted by molar-refractivity contribution is 7.89. The first-order valence-electron chi connectivity index (χ1n) is 8.26. The van der Waals surface area contributed by atoms with Crippen molar-refractivity contribution in [3.63, 3.8) is 0 Å². The molecule has 0 aliphatic carbocycles. The molecule has 1 heterocycles. The summed E-state index contributed by atoms with van der Waals surface area (Å²) in [4.78, 5) is 12.2. The Kier molecular flexibility index (Phi) is 5.35. The summed E-state index contributed by atoms with van der Waals surface area (Å²) in [6, 6.07) is 18.4. The number of nitrogens with one attached hydrogen (secondary N) is 1. The molecule has 1 N–H and O–H groups in total. The van der Waals surface area contributed by atoms with E-state index < -0.39 is 10.0 Å². The Labute approximate surface area is 153 Å². The molecule has 1 amide bonds. The van der Waals surface area contributed by atoms with E-state index in [1.165, 1.54) is 4.31 Å². The minimum Gasteiger partial charge on any atom is -0.351 e. The fourth-order valence-corrected chi connectivity index (χ4v) is 4.71.